The summed E-state index contributed by atoms with van der Waals surface area (Å²) in [5, 5.41) is 0.477. The minimum atomic E-state index is -0.569. The topological polar surface area (TPSA) is 72.3 Å². The van der Waals surface area contributed by atoms with Crippen molar-refractivity contribution in [3.05, 3.63) is 118 Å². The van der Waals surface area contributed by atoms with Crippen LogP contribution in [0.3, 0.4) is 0 Å². The van der Waals surface area contributed by atoms with E-state index in [0.29, 0.717) is 38.9 Å². The number of carbonyl (C=O) groups excluding carboxylic acids is 3. The van der Waals surface area contributed by atoms with Crippen molar-refractivity contribution in [1.82, 2.24) is 14.5 Å². The van der Waals surface area contributed by atoms with Crippen LogP contribution in [0.2, 0.25) is 5.02 Å². The third-order valence-electron chi connectivity index (χ3n) is 5.74. The third-order valence-corrected chi connectivity index (χ3v) is 5.99. The maximum absolute atomic E-state index is 14.2. The molecule has 0 unspecified atom stereocenters. The molecule has 168 valence electrons. The molecule has 0 radical (unpaired) electrons. The predicted octanol–water partition coefficient (Wildman–Crippen LogP) is 5.00. The highest BCUT2D eigenvalue weighted by Gasteiger charge is 2.36. The van der Waals surface area contributed by atoms with E-state index in [1.807, 2.05) is 0 Å². The lowest BCUT2D eigenvalue weighted by molar-refractivity contribution is 0.0637. The summed E-state index contributed by atoms with van der Waals surface area (Å²) in [5.74, 6) is -1.43. The number of benzene rings is 3. The number of rotatable bonds is 5. The molecule has 3 aromatic carbocycles. The molecule has 1 aromatic heterocycles. The molecule has 2 heterocycles. The van der Waals surface area contributed by atoms with Crippen LogP contribution in [0, 0.1) is 12.7 Å². The second kappa shape index (κ2) is 8.35. The number of amides is 2. The fourth-order valence-electron chi connectivity index (χ4n) is 4.09. The molecule has 0 atom stereocenters. The van der Waals surface area contributed by atoms with Crippen LogP contribution in [0.25, 0.3) is 5.69 Å². The van der Waals surface area contributed by atoms with Gasteiger partial charge in [0.05, 0.1) is 23.4 Å². The van der Waals surface area contributed by atoms with Crippen molar-refractivity contribution in [3.8, 4) is 5.69 Å². The summed E-state index contributed by atoms with van der Waals surface area (Å²) in [7, 11) is 0. The molecule has 5 rings (SSSR count). The lowest BCUT2D eigenvalue weighted by atomic mass is 10.0. The highest BCUT2D eigenvalue weighted by molar-refractivity contribution is 6.30. The minimum absolute atomic E-state index is 0.105. The summed E-state index contributed by atoms with van der Waals surface area (Å²) in [4.78, 5) is 44.5. The standard InChI is InChI=1S/C26H17ClFN3O3/c1-15-13-29-23(14-30-25(33)19-4-2-3-5-20(19)26(30)34)31(15)22-11-10-18(28)12-21(22)24(32)16-6-8-17(27)9-7-16/h2-13H,14H2,1H3. The van der Waals surface area contributed by atoms with Crippen molar-refractivity contribution in [3.63, 3.8) is 0 Å². The van der Waals surface area contributed by atoms with Crippen LogP contribution in [0.1, 0.15) is 48.2 Å². The number of fused-ring (bicyclic) bond motifs is 1. The van der Waals surface area contributed by atoms with Gasteiger partial charge < -0.3 is 0 Å². The van der Waals surface area contributed by atoms with E-state index < -0.39 is 23.4 Å². The number of hydrogen-bond donors (Lipinski definition) is 0. The van der Waals surface area contributed by atoms with E-state index in [-0.39, 0.29) is 12.1 Å². The number of nitrogens with zero attached hydrogens (tertiary/aromatic N) is 3. The maximum atomic E-state index is 14.2. The van der Waals surface area contributed by atoms with Gasteiger partial charge in [0.2, 0.25) is 0 Å². The average Bonchev–Trinajstić information content (AvgIpc) is 3.32. The van der Waals surface area contributed by atoms with Crippen molar-refractivity contribution in [2.45, 2.75) is 13.5 Å². The van der Waals surface area contributed by atoms with Gasteiger partial charge >= 0.3 is 0 Å². The Morgan fingerprint density at radius 1 is 0.971 bits per heavy atom. The smallest absolute Gasteiger partial charge is 0.261 e. The highest BCUT2D eigenvalue weighted by atomic mass is 35.5. The monoisotopic (exact) mass is 473 g/mol. The Hall–Kier alpha value is -4.10. The summed E-state index contributed by atoms with van der Waals surface area (Å²) < 4.78 is 15.9. The number of ketones is 1. The Labute approximate surface area is 199 Å². The molecule has 6 nitrogen and oxygen atoms in total. The molecule has 1 aliphatic rings. The van der Waals surface area contributed by atoms with Crippen LogP contribution in [0.4, 0.5) is 4.39 Å². The van der Waals surface area contributed by atoms with Crippen LogP contribution in [-0.2, 0) is 6.54 Å². The van der Waals surface area contributed by atoms with Gasteiger partial charge in [0.25, 0.3) is 11.8 Å². The summed E-state index contributed by atoms with van der Waals surface area (Å²) in [6, 6.07) is 16.8. The van der Waals surface area contributed by atoms with Crippen LogP contribution in [0.5, 0.6) is 0 Å². The molecule has 0 N–H and O–H groups in total. The van der Waals surface area contributed by atoms with Crippen LogP contribution in [-0.4, -0.2) is 32.0 Å². The Kier molecular flexibility index (Phi) is 5.34. The second-order valence-corrected chi connectivity index (χ2v) is 8.33. The molecule has 0 aliphatic carbocycles. The summed E-state index contributed by atoms with van der Waals surface area (Å²) in [5.41, 5.74) is 2.18. The van der Waals surface area contributed by atoms with Crippen molar-refractivity contribution >= 4 is 29.2 Å². The zero-order chi connectivity index (χ0) is 24.0. The van der Waals surface area contributed by atoms with E-state index in [1.54, 1.807) is 66.2 Å². The summed E-state index contributed by atoms with van der Waals surface area (Å²) in [6.07, 6.45) is 1.58. The number of aromatic nitrogens is 2. The van der Waals surface area contributed by atoms with Gasteiger partial charge in [0.1, 0.15) is 11.6 Å². The first-order chi connectivity index (χ1) is 16.3. The summed E-state index contributed by atoms with van der Waals surface area (Å²) >= 11 is 5.94. The zero-order valence-electron chi connectivity index (χ0n) is 18.0. The molecule has 0 spiro atoms. The molecule has 4 aromatic rings. The van der Waals surface area contributed by atoms with Crippen molar-refractivity contribution in [2.75, 3.05) is 0 Å². The molecule has 0 saturated heterocycles. The SMILES string of the molecule is Cc1cnc(CN2C(=O)c3ccccc3C2=O)n1-c1ccc(F)cc1C(=O)c1ccc(Cl)cc1. The molecular weight excluding hydrogens is 457 g/mol. The van der Waals surface area contributed by atoms with Gasteiger partial charge in [-0.05, 0) is 61.5 Å². The molecule has 0 fully saturated rings. The zero-order valence-corrected chi connectivity index (χ0v) is 18.7. The van der Waals surface area contributed by atoms with E-state index in [2.05, 4.69) is 4.98 Å². The van der Waals surface area contributed by atoms with Gasteiger partial charge in [-0.3, -0.25) is 23.9 Å². The second-order valence-electron chi connectivity index (χ2n) is 7.89. The fraction of sp³-hybridized carbons (Fsp3) is 0.0769. The van der Waals surface area contributed by atoms with Crippen LogP contribution >= 0.6 is 11.6 Å². The van der Waals surface area contributed by atoms with Gasteiger partial charge in [0.15, 0.2) is 5.78 Å². The van der Waals surface area contributed by atoms with Gasteiger partial charge in [-0.2, -0.15) is 0 Å². The predicted molar refractivity (Wildman–Crippen MR) is 124 cm³/mol. The van der Waals surface area contributed by atoms with Gasteiger partial charge in [-0.25, -0.2) is 9.37 Å². The van der Waals surface area contributed by atoms with Crippen LogP contribution < -0.4 is 0 Å². The molecule has 1 aliphatic heterocycles. The highest BCUT2D eigenvalue weighted by Crippen LogP contribution is 2.27. The Morgan fingerprint density at radius 2 is 1.62 bits per heavy atom. The first-order valence-electron chi connectivity index (χ1n) is 10.4. The molecule has 0 saturated carbocycles. The van der Waals surface area contributed by atoms with E-state index in [1.165, 1.54) is 12.1 Å². The van der Waals surface area contributed by atoms with Gasteiger partial charge in [-0.15, -0.1) is 0 Å². The molecule has 2 amide bonds. The van der Waals surface area contributed by atoms with Gasteiger partial charge in [-0.1, -0.05) is 23.7 Å². The fourth-order valence-corrected chi connectivity index (χ4v) is 4.22. The number of halogens is 2. The molecule has 8 heteroatoms. The van der Waals surface area contributed by atoms with Crippen molar-refractivity contribution < 1.29 is 18.8 Å². The van der Waals surface area contributed by atoms with E-state index in [0.717, 1.165) is 11.0 Å². The lowest BCUT2D eigenvalue weighted by Gasteiger charge is -2.18. The minimum Gasteiger partial charge on any atom is -0.299 e. The lowest BCUT2D eigenvalue weighted by Crippen LogP contribution is -2.30. The number of imide groups is 1. The Morgan fingerprint density at radius 3 is 2.26 bits per heavy atom. The Balaban J connectivity index is 1.57. The quantitative estimate of drug-likeness (QED) is 0.302. The molecular formula is C26H17ClFN3O3. The first-order valence-corrected chi connectivity index (χ1v) is 10.8. The van der Waals surface area contributed by atoms with Crippen molar-refractivity contribution in [1.29, 1.82) is 0 Å². The molecule has 34 heavy (non-hydrogen) atoms. The number of carbonyl (C=O) groups is 3. The largest absolute Gasteiger partial charge is 0.299 e. The Bertz CT molecular complexity index is 1440. The van der Waals surface area contributed by atoms with Crippen LogP contribution in [0.15, 0.2) is 72.9 Å². The van der Waals surface area contributed by atoms with E-state index in [9.17, 15) is 18.8 Å². The van der Waals surface area contributed by atoms with E-state index >= 15 is 0 Å². The number of aryl methyl sites for hydroxylation is 1. The van der Waals surface area contributed by atoms with E-state index in [4.69, 9.17) is 11.6 Å². The molecule has 0 bridgehead atoms. The average molecular weight is 474 g/mol. The number of imidazole rings is 1. The summed E-state index contributed by atoms with van der Waals surface area (Å²) in [6.45, 7) is 1.67. The third kappa shape index (κ3) is 3.60. The first kappa shape index (κ1) is 21.7. The maximum Gasteiger partial charge on any atom is 0.261 e. The van der Waals surface area contributed by atoms with Crippen molar-refractivity contribution in [2.24, 2.45) is 0 Å². The van der Waals surface area contributed by atoms with Gasteiger partial charge in [0, 0.05) is 28.0 Å². The normalized spacial score (nSPS) is 12.9. The number of hydrogen-bond acceptors (Lipinski definition) is 4.